The number of aromatic nitrogens is 1. The molecule has 4 rings (SSSR count). The minimum atomic E-state index is -0.294. The number of nitrogens with zero attached hydrogens (tertiary/aromatic N) is 2. The molecule has 2 aromatic carbocycles. The smallest absolute Gasteiger partial charge is 0.257 e. The Morgan fingerprint density at radius 1 is 1.06 bits per heavy atom. The number of benzene rings is 2. The van der Waals surface area contributed by atoms with Gasteiger partial charge in [0.05, 0.1) is 11.3 Å². The van der Waals surface area contributed by atoms with Crippen LogP contribution in [-0.4, -0.2) is 16.7 Å². The van der Waals surface area contributed by atoms with Gasteiger partial charge in [-0.25, -0.2) is 0 Å². The Morgan fingerprint density at radius 2 is 1.87 bits per heavy atom. The van der Waals surface area contributed by atoms with E-state index in [0.717, 1.165) is 11.1 Å². The molecule has 0 saturated carbocycles. The van der Waals surface area contributed by atoms with Gasteiger partial charge < -0.3 is 11.1 Å². The molecule has 4 N–H and O–H groups in total. The lowest BCUT2D eigenvalue weighted by atomic mass is 10.0. The molecule has 0 bridgehead atoms. The van der Waals surface area contributed by atoms with Gasteiger partial charge in [0.15, 0.2) is 0 Å². The Hall–Kier alpha value is -4.28. The summed E-state index contributed by atoms with van der Waals surface area (Å²) in [5, 5.41) is 21.6. The number of thiophene rings is 1. The van der Waals surface area contributed by atoms with Crippen LogP contribution in [0.5, 0.6) is 0 Å². The molecule has 150 valence electrons. The summed E-state index contributed by atoms with van der Waals surface area (Å²) in [5.74, 6) is -0.341. The van der Waals surface area contributed by atoms with E-state index < -0.39 is 0 Å². The van der Waals surface area contributed by atoms with Crippen molar-refractivity contribution in [1.29, 1.82) is 10.7 Å². The van der Waals surface area contributed by atoms with Crippen molar-refractivity contribution in [3.05, 3.63) is 94.3 Å². The van der Waals surface area contributed by atoms with Crippen LogP contribution >= 0.6 is 11.3 Å². The van der Waals surface area contributed by atoms with Crippen molar-refractivity contribution in [2.45, 2.75) is 0 Å². The number of rotatable bonds is 5. The summed E-state index contributed by atoms with van der Waals surface area (Å²) < 4.78 is 0. The zero-order chi connectivity index (χ0) is 21.8. The van der Waals surface area contributed by atoms with Crippen molar-refractivity contribution in [2.24, 2.45) is 5.73 Å². The second-order valence-corrected chi connectivity index (χ2v) is 7.62. The van der Waals surface area contributed by atoms with Crippen LogP contribution < -0.4 is 11.1 Å². The van der Waals surface area contributed by atoms with Crippen LogP contribution in [-0.2, 0) is 0 Å². The molecule has 0 spiro atoms. The van der Waals surface area contributed by atoms with Crippen LogP contribution in [0.2, 0.25) is 0 Å². The highest BCUT2D eigenvalue weighted by atomic mass is 32.1. The Labute approximate surface area is 183 Å². The van der Waals surface area contributed by atoms with Gasteiger partial charge in [-0.3, -0.25) is 15.2 Å². The number of carbonyl (C=O) groups excluding carboxylic acids is 1. The number of amidine groups is 1. The van der Waals surface area contributed by atoms with Crippen molar-refractivity contribution in [1.82, 2.24) is 4.98 Å². The van der Waals surface area contributed by atoms with E-state index in [4.69, 9.17) is 11.1 Å². The summed E-state index contributed by atoms with van der Waals surface area (Å²) in [7, 11) is 0. The van der Waals surface area contributed by atoms with Crippen molar-refractivity contribution >= 4 is 28.8 Å². The SMILES string of the molecule is N#Cc1sccc1-c1ccc(NC(=O)c2cccnc2-c2cccc(C(=N)N)c2)cc1. The lowest BCUT2D eigenvalue weighted by molar-refractivity contribution is 0.102. The van der Waals surface area contributed by atoms with Gasteiger partial charge in [0.2, 0.25) is 0 Å². The average molecular weight is 424 g/mol. The summed E-state index contributed by atoms with van der Waals surface area (Å²) in [6, 6.07) is 22.0. The predicted octanol–water partition coefficient (Wildman–Crippen LogP) is 4.89. The molecule has 0 aliphatic heterocycles. The third-order valence-electron chi connectivity index (χ3n) is 4.72. The molecule has 0 radical (unpaired) electrons. The van der Waals surface area contributed by atoms with Crippen molar-refractivity contribution in [3.63, 3.8) is 0 Å². The number of nitrogens with one attached hydrogen (secondary N) is 2. The second kappa shape index (κ2) is 8.61. The standard InChI is InChI=1S/C24H17N5OS/c25-14-21-19(10-12-31-21)15-6-8-18(9-7-15)29-24(30)20-5-2-11-28-22(20)16-3-1-4-17(13-16)23(26)27/h1-13H,(H3,26,27)(H,29,30). The zero-order valence-electron chi connectivity index (χ0n) is 16.3. The molecule has 0 fully saturated rings. The van der Waals surface area contributed by atoms with Gasteiger partial charge in [0.25, 0.3) is 5.91 Å². The molecule has 0 aliphatic rings. The van der Waals surface area contributed by atoms with E-state index >= 15 is 0 Å². The van der Waals surface area contributed by atoms with Gasteiger partial charge in [-0.2, -0.15) is 5.26 Å². The average Bonchev–Trinajstić information content (AvgIpc) is 3.28. The summed E-state index contributed by atoms with van der Waals surface area (Å²) in [6.45, 7) is 0. The van der Waals surface area contributed by atoms with E-state index in [2.05, 4.69) is 16.4 Å². The fraction of sp³-hybridized carbons (Fsp3) is 0. The molecule has 2 heterocycles. The number of nitrogens with two attached hydrogens (primary N) is 1. The minimum Gasteiger partial charge on any atom is -0.384 e. The molecule has 6 nitrogen and oxygen atoms in total. The molecular formula is C24H17N5OS. The van der Waals surface area contributed by atoms with Crippen LogP contribution in [0.25, 0.3) is 22.4 Å². The maximum Gasteiger partial charge on any atom is 0.257 e. The number of nitrogen functional groups attached to an aromatic ring is 1. The minimum absolute atomic E-state index is 0.0472. The molecule has 0 atom stereocenters. The van der Waals surface area contributed by atoms with Crippen molar-refractivity contribution in [3.8, 4) is 28.5 Å². The summed E-state index contributed by atoms with van der Waals surface area (Å²) in [6.07, 6.45) is 1.62. The lowest BCUT2D eigenvalue weighted by Gasteiger charge is -2.11. The number of carbonyl (C=O) groups is 1. The van der Waals surface area contributed by atoms with E-state index in [1.165, 1.54) is 11.3 Å². The Balaban J connectivity index is 1.60. The van der Waals surface area contributed by atoms with Crippen molar-refractivity contribution in [2.75, 3.05) is 5.32 Å². The fourth-order valence-electron chi connectivity index (χ4n) is 3.21. The molecule has 0 saturated heterocycles. The largest absolute Gasteiger partial charge is 0.384 e. The highest BCUT2D eigenvalue weighted by Gasteiger charge is 2.15. The highest BCUT2D eigenvalue weighted by molar-refractivity contribution is 7.11. The number of pyridine rings is 1. The third kappa shape index (κ3) is 4.20. The first-order valence-corrected chi connectivity index (χ1v) is 10.2. The van der Waals surface area contributed by atoms with Gasteiger partial charge in [-0.1, -0.05) is 30.3 Å². The number of hydrogen-bond donors (Lipinski definition) is 3. The van der Waals surface area contributed by atoms with Gasteiger partial charge in [0.1, 0.15) is 16.8 Å². The first-order chi connectivity index (χ1) is 15.1. The third-order valence-corrected chi connectivity index (χ3v) is 5.54. The number of anilines is 1. The first kappa shape index (κ1) is 20.0. The molecule has 2 aromatic heterocycles. The molecule has 1 amide bonds. The quantitative estimate of drug-likeness (QED) is 0.313. The van der Waals surface area contributed by atoms with E-state index in [1.54, 1.807) is 48.7 Å². The zero-order valence-corrected chi connectivity index (χ0v) is 17.1. The molecular weight excluding hydrogens is 406 g/mol. The van der Waals surface area contributed by atoms with Gasteiger partial charge in [-0.05, 0) is 47.3 Å². The normalized spacial score (nSPS) is 10.3. The molecule has 31 heavy (non-hydrogen) atoms. The van der Waals surface area contributed by atoms with E-state index in [0.29, 0.717) is 32.9 Å². The van der Waals surface area contributed by atoms with Gasteiger partial charge in [-0.15, -0.1) is 11.3 Å². The number of amides is 1. The van der Waals surface area contributed by atoms with Gasteiger partial charge >= 0.3 is 0 Å². The predicted molar refractivity (Wildman–Crippen MR) is 123 cm³/mol. The van der Waals surface area contributed by atoms with E-state index in [1.807, 2.05) is 29.6 Å². The summed E-state index contributed by atoms with van der Waals surface area (Å²) in [4.78, 5) is 18.0. The summed E-state index contributed by atoms with van der Waals surface area (Å²) >= 11 is 1.40. The van der Waals surface area contributed by atoms with Crippen molar-refractivity contribution < 1.29 is 4.79 Å². The molecule has 0 unspecified atom stereocenters. The number of nitriles is 1. The highest BCUT2D eigenvalue weighted by Crippen LogP contribution is 2.29. The molecule has 7 heteroatoms. The van der Waals surface area contributed by atoms with Crippen LogP contribution in [0, 0.1) is 16.7 Å². The Bertz CT molecular complexity index is 1320. The van der Waals surface area contributed by atoms with Gasteiger partial charge in [0, 0.05) is 28.6 Å². The van der Waals surface area contributed by atoms with E-state index in [9.17, 15) is 10.1 Å². The first-order valence-electron chi connectivity index (χ1n) is 9.36. The topological polar surface area (TPSA) is 116 Å². The maximum absolute atomic E-state index is 13.0. The van der Waals surface area contributed by atoms with Crippen LogP contribution in [0.1, 0.15) is 20.8 Å². The molecule has 0 aliphatic carbocycles. The Morgan fingerprint density at radius 3 is 2.61 bits per heavy atom. The second-order valence-electron chi connectivity index (χ2n) is 6.70. The summed E-state index contributed by atoms with van der Waals surface area (Å²) in [5.41, 5.74) is 10.2. The maximum atomic E-state index is 13.0. The van der Waals surface area contributed by atoms with Crippen LogP contribution in [0.3, 0.4) is 0 Å². The number of hydrogen-bond acceptors (Lipinski definition) is 5. The van der Waals surface area contributed by atoms with E-state index in [-0.39, 0.29) is 11.7 Å². The fourth-order valence-corrected chi connectivity index (χ4v) is 3.91. The monoisotopic (exact) mass is 423 g/mol. The molecule has 4 aromatic rings. The van der Waals surface area contributed by atoms with Crippen LogP contribution in [0.15, 0.2) is 78.3 Å². The Kier molecular flexibility index (Phi) is 5.56. The lowest BCUT2D eigenvalue weighted by Crippen LogP contribution is -2.14. The van der Waals surface area contributed by atoms with Crippen LogP contribution in [0.4, 0.5) is 5.69 Å².